The molecule has 0 unspecified atom stereocenters. The van der Waals surface area contributed by atoms with E-state index in [1.165, 1.54) is 0 Å². The lowest BCUT2D eigenvalue weighted by Crippen LogP contribution is -2.16. The third-order valence-electron chi connectivity index (χ3n) is 3.02. The van der Waals surface area contributed by atoms with Gasteiger partial charge in [0, 0.05) is 10.9 Å². The summed E-state index contributed by atoms with van der Waals surface area (Å²) in [7, 11) is 0. The normalized spacial score (nSPS) is 10.9. The average Bonchev–Trinajstić information content (AvgIpc) is 2.55. The Morgan fingerprint density at radius 2 is 1.71 bits per heavy atom. The standard InChI is InChI=1S/C17H13N3S/c21-17(14-7-2-1-3-8-14)20-18-12-15-11-10-13-6-4-5-9-16(13)19-15/h1-12H,(H,20,21). The van der Waals surface area contributed by atoms with Crippen LogP contribution in [-0.4, -0.2) is 16.2 Å². The fraction of sp³-hybridized carbons (Fsp3) is 0. The molecule has 0 aliphatic carbocycles. The molecule has 21 heavy (non-hydrogen) atoms. The number of nitrogens with zero attached hydrogens (tertiary/aromatic N) is 2. The number of hydrogen-bond donors (Lipinski definition) is 1. The zero-order valence-corrected chi connectivity index (χ0v) is 12.0. The van der Waals surface area contributed by atoms with Crippen LogP contribution in [0.3, 0.4) is 0 Å². The SMILES string of the molecule is S=C(NN=Cc1ccc2ccccc2n1)c1ccccc1. The Labute approximate surface area is 128 Å². The van der Waals surface area contributed by atoms with E-state index < -0.39 is 0 Å². The van der Waals surface area contributed by atoms with Crippen molar-refractivity contribution in [2.75, 3.05) is 0 Å². The van der Waals surface area contributed by atoms with E-state index >= 15 is 0 Å². The molecule has 1 N–H and O–H groups in total. The van der Waals surface area contributed by atoms with Crippen LogP contribution < -0.4 is 5.43 Å². The summed E-state index contributed by atoms with van der Waals surface area (Å²) in [6.45, 7) is 0. The molecule has 0 fully saturated rings. The Kier molecular flexibility index (Phi) is 3.98. The van der Waals surface area contributed by atoms with Gasteiger partial charge in [-0.1, -0.05) is 66.8 Å². The van der Waals surface area contributed by atoms with Gasteiger partial charge in [-0.05, 0) is 12.1 Å². The number of rotatable bonds is 3. The van der Waals surface area contributed by atoms with Crippen LogP contribution in [0.1, 0.15) is 11.3 Å². The quantitative estimate of drug-likeness (QED) is 0.455. The number of hydrazone groups is 1. The Bertz CT molecular complexity index is 797. The molecule has 1 heterocycles. The van der Waals surface area contributed by atoms with Crippen LogP contribution in [0.5, 0.6) is 0 Å². The van der Waals surface area contributed by atoms with Crippen LogP contribution in [-0.2, 0) is 0 Å². The summed E-state index contributed by atoms with van der Waals surface area (Å²) in [6, 6.07) is 21.7. The number of para-hydroxylation sites is 1. The first-order valence-corrected chi connectivity index (χ1v) is 6.98. The lowest BCUT2D eigenvalue weighted by Gasteiger charge is -2.02. The van der Waals surface area contributed by atoms with Crippen molar-refractivity contribution >= 4 is 34.3 Å². The largest absolute Gasteiger partial charge is 0.267 e. The third kappa shape index (κ3) is 3.30. The average molecular weight is 291 g/mol. The molecule has 0 saturated heterocycles. The number of benzene rings is 2. The highest BCUT2D eigenvalue weighted by molar-refractivity contribution is 7.80. The van der Waals surface area contributed by atoms with Crippen LogP contribution in [0.4, 0.5) is 0 Å². The second kappa shape index (κ2) is 6.24. The van der Waals surface area contributed by atoms with Crippen LogP contribution in [0.25, 0.3) is 10.9 Å². The molecule has 0 radical (unpaired) electrons. The molecule has 0 atom stereocenters. The minimum absolute atomic E-state index is 0.590. The Morgan fingerprint density at radius 3 is 2.57 bits per heavy atom. The predicted molar refractivity (Wildman–Crippen MR) is 90.6 cm³/mol. The summed E-state index contributed by atoms with van der Waals surface area (Å²) in [4.78, 5) is 5.10. The van der Waals surface area contributed by atoms with Gasteiger partial charge in [0.05, 0.1) is 17.4 Å². The number of pyridine rings is 1. The zero-order valence-electron chi connectivity index (χ0n) is 11.2. The number of fused-ring (bicyclic) bond motifs is 1. The van der Waals surface area contributed by atoms with E-state index in [9.17, 15) is 0 Å². The monoisotopic (exact) mass is 291 g/mol. The molecule has 1 aromatic heterocycles. The van der Waals surface area contributed by atoms with E-state index in [0.29, 0.717) is 4.99 Å². The highest BCUT2D eigenvalue weighted by Crippen LogP contribution is 2.10. The number of hydrogen-bond acceptors (Lipinski definition) is 3. The Hall–Kier alpha value is -2.59. The van der Waals surface area contributed by atoms with E-state index in [0.717, 1.165) is 22.2 Å². The van der Waals surface area contributed by atoms with E-state index in [1.54, 1.807) is 6.21 Å². The first-order chi connectivity index (χ1) is 10.3. The lowest BCUT2D eigenvalue weighted by atomic mass is 10.2. The third-order valence-corrected chi connectivity index (χ3v) is 3.35. The molecule has 3 nitrogen and oxygen atoms in total. The summed E-state index contributed by atoms with van der Waals surface area (Å²) in [6.07, 6.45) is 1.67. The van der Waals surface area contributed by atoms with Crippen molar-refractivity contribution in [1.82, 2.24) is 10.4 Å². The first kappa shape index (κ1) is 13.4. The maximum atomic E-state index is 5.27. The summed E-state index contributed by atoms with van der Waals surface area (Å²) in [5.41, 5.74) is 5.54. The van der Waals surface area contributed by atoms with Crippen molar-refractivity contribution in [3.8, 4) is 0 Å². The zero-order chi connectivity index (χ0) is 14.5. The molecule has 2 aromatic carbocycles. The molecule has 0 bridgehead atoms. The molecule has 0 saturated carbocycles. The molecule has 3 rings (SSSR count). The molecule has 3 aromatic rings. The lowest BCUT2D eigenvalue weighted by molar-refractivity contribution is 1.05. The van der Waals surface area contributed by atoms with Crippen LogP contribution >= 0.6 is 12.2 Å². The van der Waals surface area contributed by atoms with Gasteiger partial charge >= 0.3 is 0 Å². The topological polar surface area (TPSA) is 37.3 Å². The van der Waals surface area contributed by atoms with E-state index in [1.807, 2.05) is 66.7 Å². The van der Waals surface area contributed by atoms with Gasteiger partial charge < -0.3 is 0 Å². The summed E-state index contributed by atoms with van der Waals surface area (Å²) in [5.74, 6) is 0. The molecular formula is C17H13N3S. The number of aromatic nitrogens is 1. The van der Waals surface area contributed by atoms with Gasteiger partial charge in [-0.25, -0.2) is 4.98 Å². The summed E-state index contributed by atoms with van der Waals surface area (Å²) in [5, 5.41) is 5.26. The second-order valence-corrected chi connectivity index (χ2v) is 4.90. The van der Waals surface area contributed by atoms with Gasteiger partial charge in [0.15, 0.2) is 0 Å². The van der Waals surface area contributed by atoms with Crippen molar-refractivity contribution in [3.63, 3.8) is 0 Å². The molecule has 0 amide bonds. The Balaban J connectivity index is 1.71. The fourth-order valence-corrected chi connectivity index (χ4v) is 2.15. The first-order valence-electron chi connectivity index (χ1n) is 6.57. The van der Waals surface area contributed by atoms with Crippen molar-refractivity contribution in [2.45, 2.75) is 0 Å². The van der Waals surface area contributed by atoms with Gasteiger partial charge in [-0.2, -0.15) is 5.10 Å². The van der Waals surface area contributed by atoms with Gasteiger partial charge in [0.2, 0.25) is 0 Å². The van der Waals surface area contributed by atoms with Crippen molar-refractivity contribution in [3.05, 3.63) is 78.0 Å². The van der Waals surface area contributed by atoms with Gasteiger partial charge in [-0.15, -0.1) is 0 Å². The summed E-state index contributed by atoms with van der Waals surface area (Å²) >= 11 is 5.27. The van der Waals surface area contributed by atoms with Gasteiger partial charge in [-0.3, -0.25) is 5.43 Å². The van der Waals surface area contributed by atoms with E-state index in [4.69, 9.17) is 12.2 Å². The molecule has 0 aliphatic heterocycles. The minimum Gasteiger partial charge on any atom is -0.267 e. The smallest absolute Gasteiger partial charge is 0.126 e. The number of thiocarbonyl (C=S) groups is 1. The predicted octanol–water partition coefficient (Wildman–Crippen LogP) is 3.53. The van der Waals surface area contributed by atoms with Crippen LogP contribution in [0, 0.1) is 0 Å². The summed E-state index contributed by atoms with van der Waals surface area (Å²) < 4.78 is 0. The number of nitrogens with one attached hydrogen (secondary N) is 1. The molecule has 0 aliphatic rings. The van der Waals surface area contributed by atoms with Crippen molar-refractivity contribution < 1.29 is 0 Å². The second-order valence-electron chi connectivity index (χ2n) is 4.49. The maximum Gasteiger partial charge on any atom is 0.126 e. The molecular weight excluding hydrogens is 278 g/mol. The highest BCUT2D eigenvalue weighted by atomic mass is 32.1. The fourth-order valence-electron chi connectivity index (χ4n) is 1.96. The maximum absolute atomic E-state index is 5.27. The van der Waals surface area contributed by atoms with Crippen molar-refractivity contribution in [1.29, 1.82) is 0 Å². The van der Waals surface area contributed by atoms with Gasteiger partial charge in [0.25, 0.3) is 0 Å². The van der Waals surface area contributed by atoms with E-state index in [-0.39, 0.29) is 0 Å². The highest BCUT2D eigenvalue weighted by Gasteiger charge is 1.98. The van der Waals surface area contributed by atoms with Crippen LogP contribution in [0.2, 0.25) is 0 Å². The Morgan fingerprint density at radius 1 is 0.952 bits per heavy atom. The van der Waals surface area contributed by atoms with Crippen molar-refractivity contribution in [2.24, 2.45) is 5.10 Å². The molecule has 0 spiro atoms. The molecule has 102 valence electrons. The molecule has 4 heteroatoms. The minimum atomic E-state index is 0.590. The van der Waals surface area contributed by atoms with E-state index in [2.05, 4.69) is 15.5 Å². The van der Waals surface area contributed by atoms with Gasteiger partial charge in [0.1, 0.15) is 4.99 Å². The van der Waals surface area contributed by atoms with Crippen LogP contribution in [0.15, 0.2) is 71.8 Å².